The fourth-order valence-electron chi connectivity index (χ4n) is 2.71. The Labute approximate surface area is 188 Å². The number of H-pyrrole nitrogens is 1. The Bertz CT molecular complexity index is 1400. The van der Waals surface area contributed by atoms with Gasteiger partial charge in [-0.15, -0.1) is 0 Å². The molecule has 2 aromatic heterocycles. The van der Waals surface area contributed by atoms with Crippen LogP contribution in [-0.4, -0.2) is 48.9 Å². The normalized spacial score (nSPS) is 11.2. The summed E-state index contributed by atoms with van der Waals surface area (Å²) in [6.45, 7) is 1.51. The Balaban J connectivity index is 1.85. The van der Waals surface area contributed by atoms with Crippen LogP contribution in [0.1, 0.15) is 16.7 Å². The largest absolute Gasteiger partial charge is 0.494 e. The molecule has 0 radical (unpaired) electrons. The van der Waals surface area contributed by atoms with Crippen LogP contribution >= 0.6 is 0 Å². The molecule has 170 valence electrons. The van der Waals surface area contributed by atoms with E-state index in [9.17, 15) is 18.3 Å². The fourth-order valence-corrected chi connectivity index (χ4v) is 3.70. The number of nitriles is 1. The quantitative estimate of drug-likeness (QED) is 0.432. The Kier molecular flexibility index (Phi) is 6.59. The predicted molar refractivity (Wildman–Crippen MR) is 118 cm³/mol. The number of aromatic amines is 1. The predicted octanol–water partition coefficient (Wildman–Crippen LogP) is 1.62. The molecule has 1 aromatic carbocycles. The van der Waals surface area contributed by atoms with Gasteiger partial charge in [0.1, 0.15) is 11.6 Å². The average molecular weight is 470 g/mol. The van der Waals surface area contributed by atoms with Crippen molar-refractivity contribution in [2.75, 3.05) is 18.9 Å². The van der Waals surface area contributed by atoms with Gasteiger partial charge in [0, 0.05) is 12.3 Å². The summed E-state index contributed by atoms with van der Waals surface area (Å²) in [7, 11) is -1.29. The van der Waals surface area contributed by atoms with E-state index in [4.69, 9.17) is 14.7 Å². The Hall–Kier alpha value is -4.44. The second kappa shape index (κ2) is 9.37. The van der Waals surface area contributed by atoms with Gasteiger partial charge < -0.3 is 14.6 Å². The number of aliphatic imine (C=N–C) groups is 1. The summed E-state index contributed by atoms with van der Waals surface area (Å²) < 4.78 is 37.6. The highest BCUT2D eigenvalue weighted by Gasteiger charge is 2.17. The molecule has 0 aliphatic heterocycles. The molecule has 0 unspecified atom stereocenters. The van der Waals surface area contributed by atoms with Gasteiger partial charge in [-0.1, -0.05) is 0 Å². The highest BCUT2D eigenvalue weighted by molar-refractivity contribution is 7.92. The first-order valence-corrected chi connectivity index (χ1v) is 10.7. The number of pyridine rings is 1. The summed E-state index contributed by atoms with van der Waals surface area (Å²) in [5.41, 5.74) is -0.0500. The molecular weight excluding hydrogens is 452 g/mol. The van der Waals surface area contributed by atoms with Gasteiger partial charge in [0.25, 0.3) is 15.6 Å². The first-order chi connectivity index (χ1) is 15.7. The lowest BCUT2D eigenvalue weighted by molar-refractivity contribution is 0.353. The summed E-state index contributed by atoms with van der Waals surface area (Å²) in [6.07, 6.45) is 1.27. The van der Waals surface area contributed by atoms with Crippen molar-refractivity contribution >= 4 is 27.7 Å². The number of ether oxygens (including phenoxy) is 2. The standard InChI is InChI=1S/C20H18N6O6S/c1-11-14(9-21)18(27)25-19(28)15(11)10-22-12-4-6-13(7-5-12)33(29,30)26-16-8-17(31-2)24-20(23-16)32-3/h4-8,10H,1-3H3,(H,23,24,26)(H2,25,27,28). The minimum Gasteiger partial charge on any atom is -0.494 e. The van der Waals surface area contributed by atoms with Gasteiger partial charge in [-0.2, -0.15) is 15.2 Å². The van der Waals surface area contributed by atoms with E-state index in [0.29, 0.717) is 5.69 Å². The molecule has 12 nitrogen and oxygen atoms in total. The number of aromatic hydroxyl groups is 1. The minimum absolute atomic E-state index is 0.0434. The number of hydrogen-bond donors (Lipinski definition) is 3. The van der Waals surface area contributed by atoms with Crippen molar-refractivity contribution in [2.24, 2.45) is 4.99 Å². The van der Waals surface area contributed by atoms with Gasteiger partial charge >= 0.3 is 6.01 Å². The number of sulfonamides is 1. The Morgan fingerprint density at radius 3 is 2.52 bits per heavy atom. The van der Waals surface area contributed by atoms with Crippen LogP contribution in [0.25, 0.3) is 0 Å². The lowest BCUT2D eigenvalue weighted by Gasteiger charge is -2.09. The smallest absolute Gasteiger partial charge is 0.321 e. The molecular formula is C20H18N6O6S. The summed E-state index contributed by atoms with van der Waals surface area (Å²) in [4.78, 5) is 25.8. The van der Waals surface area contributed by atoms with Gasteiger partial charge in [0.2, 0.25) is 11.8 Å². The van der Waals surface area contributed by atoms with Crippen molar-refractivity contribution < 1.29 is 23.0 Å². The number of benzene rings is 1. The van der Waals surface area contributed by atoms with Crippen LogP contribution in [-0.2, 0) is 10.0 Å². The van der Waals surface area contributed by atoms with Gasteiger partial charge in [0.15, 0.2) is 5.82 Å². The summed E-state index contributed by atoms with van der Waals surface area (Å²) >= 11 is 0. The molecule has 0 saturated carbocycles. The highest BCUT2D eigenvalue weighted by atomic mass is 32.2. The molecule has 0 spiro atoms. The first kappa shape index (κ1) is 23.2. The Morgan fingerprint density at radius 2 is 1.91 bits per heavy atom. The van der Waals surface area contributed by atoms with E-state index < -0.39 is 21.5 Å². The maximum absolute atomic E-state index is 12.7. The number of methoxy groups -OCH3 is 2. The maximum Gasteiger partial charge on any atom is 0.321 e. The van der Waals surface area contributed by atoms with Crippen molar-refractivity contribution in [1.82, 2.24) is 15.0 Å². The van der Waals surface area contributed by atoms with Crippen molar-refractivity contribution in [3.63, 3.8) is 0 Å². The zero-order valence-corrected chi connectivity index (χ0v) is 18.5. The summed E-state index contributed by atoms with van der Waals surface area (Å²) in [6, 6.07) is 8.53. The lowest BCUT2D eigenvalue weighted by atomic mass is 10.1. The van der Waals surface area contributed by atoms with Crippen LogP contribution < -0.4 is 19.8 Å². The number of nitrogens with zero attached hydrogens (tertiary/aromatic N) is 4. The van der Waals surface area contributed by atoms with E-state index in [1.165, 1.54) is 57.7 Å². The second-order valence-electron chi connectivity index (χ2n) is 6.47. The molecule has 0 amide bonds. The van der Waals surface area contributed by atoms with Crippen LogP contribution in [0.3, 0.4) is 0 Å². The van der Waals surface area contributed by atoms with Crippen molar-refractivity contribution in [3.8, 4) is 23.8 Å². The third kappa shape index (κ3) is 5.08. The van der Waals surface area contributed by atoms with E-state index in [0.717, 1.165) is 0 Å². The molecule has 0 aliphatic rings. The molecule has 3 rings (SSSR count). The van der Waals surface area contributed by atoms with Crippen LogP contribution in [0, 0.1) is 18.3 Å². The number of anilines is 1. The van der Waals surface area contributed by atoms with E-state index >= 15 is 0 Å². The molecule has 0 bridgehead atoms. The summed E-state index contributed by atoms with van der Waals surface area (Å²) in [5.74, 6) is -0.359. The van der Waals surface area contributed by atoms with Gasteiger partial charge in [-0.05, 0) is 36.8 Å². The van der Waals surface area contributed by atoms with Crippen LogP contribution in [0.4, 0.5) is 11.5 Å². The second-order valence-corrected chi connectivity index (χ2v) is 8.15. The van der Waals surface area contributed by atoms with Crippen molar-refractivity contribution in [3.05, 3.63) is 57.4 Å². The number of hydrogen-bond acceptors (Lipinski definition) is 10. The van der Waals surface area contributed by atoms with Crippen molar-refractivity contribution in [1.29, 1.82) is 5.26 Å². The summed E-state index contributed by atoms with van der Waals surface area (Å²) in [5, 5.41) is 19.1. The van der Waals surface area contributed by atoms with Gasteiger partial charge in [-0.3, -0.25) is 19.5 Å². The van der Waals surface area contributed by atoms with E-state index in [-0.39, 0.29) is 39.3 Å². The van der Waals surface area contributed by atoms with Gasteiger partial charge in [0.05, 0.1) is 30.4 Å². The van der Waals surface area contributed by atoms with Crippen LogP contribution in [0.2, 0.25) is 0 Å². The molecule has 2 heterocycles. The average Bonchev–Trinajstić information content (AvgIpc) is 2.78. The highest BCUT2D eigenvalue weighted by Crippen LogP contribution is 2.23. The number of aromatic nitrogens is 3. The van der Waals surface area contributed by atoms with E-state index in [1.807, 2.05) is 0 Å². The van der Waals surface area contributed by atoms with Crippen LogP contribution in [0.15, 0.2) is 45.0 Å². The molecule has 3 aromatic rings. The zero-order valence-electron chi connectivity index (χ0n) is 17.6. The molecule has 0 fully saturated rings. The Morgan fingerprint density at radius 1 is 1.21 bits per heavy atom. The molecule has 33 heavy (non-hydrogen) atoms. The fraction of sp³-hybridized carbons (Fsp3) is 0.150. The lowest BCUT2D eigenvalue weighted by Crippen LogP contribution is -2.14. The third-order valence-electron chi connectivity index (χ3n) is 4.41. The van der Waals surface area contributed by atoms with Gasteiger partial charge in [-0.25, -0.2) is 8.42 Å². The molecule has 0 aliphatic carbocycles. The minimum atomic E-state index is -3.99. The topological polar surface area (TPSA) is 180 Å². The SMILES string of the molecule is COc1cc(NS(=O)(=O)c2ccc(N=Cc3c(O)[nH]c(=O)c(C#N)c3C)cc2)nc(OC)n1. The monoisotopic (exact) mass is 470 g/mol. The number of rotatable bonds is 7. The number of nitrogens with one attached hydrogen (secondary N) is 2. The van der Waals surface area contributed by atoms with E-state index in [1.54, 1.807) is 6.07 Å². The molecule has 0 saturated heterocycles. The van der Waals surface area contributed by atoms with E-state index in [2.05, 4.69) is 24.7 Å². The zero-order chi connectivity index (χ0) is 24.2. The molecule has 3 N–H and O–H groups in total. The first-order valence-electron chi connectivity index (χ1n) is 9.18. The van der Waals surface area contributed by atoms with Crippen LogP contribution in [0.5, 0.6) is 17.8 Å². The maximum atomic E-state index is 12.7. The third-order valence-corrected chi connectivity index (χ3v) is 5.78. The molecule has 13 heteroatoms. The molecule has 0 atom stereocenters. The van der Waals surface area contributed by atoms with Crippen molar-refractivity contribution in [2.45, 2.75) is 11.8 Å².